The molecule has 126 valence electrons. The van der Waals surface area contributed by atoms with E-state index in [0.717, 1.165) is 39.1 Å². The first-order chi connectivity index (χ1) is 9.72. The van der Waals surface area contributed by atoms with E-state index in [9.17, 15) is 8.42 Å². The summed E-state index contributed by atoms with van der Waals surface area (Å²) in [5, 5.41) is 3.40. The molecule has 0 bridgehead atoms. The van der Waals surface area contributed by atoms with Crippen LogP contribution in [0.5, 0.6) is 0 Å². The van der Waals surface area contributed by atoms with Gasteiger partial charge in [-0.05, 0) is 45.4 Å². The van der Waals surface area contributed by atoms with Crippen molar-refractivity contribution in [2.24, 2.45) is 5.41 Å². The number of hydrogen-bond acceptors (Lipinski definition) is 5. The summed E-state index contributed by atoms with van der Waals surface area (Å²) in [6, 6.07) is 0. The molecule has 1 saturated heterocycles. The van der Waals surface area contributed by atoms with Crippen molar-refractivity contribution in [1.29, 1.82) is 0 Å². The molecule has 1 heterocycles. The highest BCUT2D eigenvalue weighted by Crippen LogP contribution is 2.35. The summed E-state index contributed by atoms with van der Waals surface area (Å²) < 4.78 is 34.5. The fraction of sp³-hybridized carbons (Fsp3) is 1.00. The van der Waals surface area contributed by atoms with Gasteiger partial charge in [-0.1, -0.05) is 0 Å². The fourth-order valence-corrected chi connectivity index (χ4v) is 3.82. The van der Waals surface area contributed by atoms with Gasteiger partial charge in [0.05, 0.1) is 17.1 Å². The van der Waals surface area contributed by atoms with Crippen LogP contribution < -0.4 is 5.32 Å². The van der Waals surface area contributed by atoms with E-state index in [1.807, 2.05) is 0 Å². The van der Waals surface area contributed by atoms with E-state index in [1.165, 1.54) is 0 Å². The molecule has 0 amide bonds. The van der Waals surface area contributed by atoms with Crippen LogP contribution in [0.1, 0.15) is 40.0 Å². The van der Waals surface area contributed by atoms with Crippen LogP contribution in [0.15, 0.2) is 0 Å². The third-order valence-corrected chi connectivity index (χ3v) is 6.98. The second-order valence-electron chi connectivity index (χ2n) is 6.96. The highest BCUT2D eigenvalue weighted by Gasteiger charge is 2.36. The molecule has 1 rings (SSSR count). The second kappa shape index (κ2) is 7.90. The Hall–Kier alpha value is -0.170. The normalized spacial score (nSPS) is 19.6. The van der Waals surface area contributed by atoms with Gasteiger partial charge < -0.3 is 14.8 Å². The summed E-state index contributed by atoms with van der Waals surface area (Å²) in [5.74, 6) is 0.252. The molecule has 0 aromatic heterocycles. The van der Waals surface area contributed by atoms with Gasteiger partial charge in [-0.25, -0.2) is 8.42 Å². The average molecular weight is 321 g/mol. The molecular formula is C15H31NO4S. The van der Waals surface area contributed by atoms with Gasteiger partial charge in [0, 0.05) is 33.4 Å². The van der Waals surface area contributed by atoms with Crippen LogP contribution in [0, 0.1) is 5.41 Å². The Kier molecular flexibility index (Phi) is 7.10. The van der Waals surface area contributed by atoms with Crippen LogP contribution in [-0.2, 0) is 19.3 Å². The Morgan fingerprint density at radius 2 is 1.86 bits per heavy atom. The first-order valence-corrected chi connectivity index (χ1v) is 9.37. The van der Waals surface area contributed by atoms with E-state index < -0.39 is 14.6 Å². The largest absolute Gasteiger partial charge is 0.383 e. The second-order valence-corrected chi connectivity index (χ2v) is 9.83. The summed E-state index contributed by atoms with van der Waals surface area (Å²) in [5.41, 5.74) is 0.0321. The number of methoxy groups -OCH3 is 1. The topological polar surface area (TPSA) is 64.6 Å². The van der Waals surface area contributed by atoms with Crippen LogP contribution in [0.2, 0.25) is 0 Å². The Morgan fingerprint density at radius 3 is 2.38 bits per heavy atom. The average Bonchev–Trinajstić information content (AvgIpc) is 2.42. The summed E-state index contributed by atoms with van der Waals surface area (Å²) in [7, 11) is -1.38. The molecule has 6 heteroatoms. The van der Waals surface area contributed by atoms with Gasteiger partial charge in [-0.15, -0.1) is 0 Å². The first-order valence-electron chi connectivity index (χ1n) is 7.72. The number of hydrogen-bond donors (Lipinski definition) is 1. The van der Waals surface area contributed by atoms with E-state index in [0.29, 0.717) is 13.0 Å². The van der Waals surface area contributed by atoms with E-state index >= 15 is 0 Å². The monoisotopic (exact) mass is 321 g/mol. The maximum absolute atomic E-state index is 12.3. The molecule has 5 nitrogen and oxygen atoms in total. The van der Waals surface area contributed by atoms with Crippen LogP contribution in [0.3, 0.4) is 0 Å². The van der Waals surface area contributed by atoms with Gasteiger partial charge >= 0.3 is 0 Å². The van der Waals surface area contributed by atoms with Crippen molar-refractivity contribution in [3.63, 3.8) is 0 Å². The lowest BCUT2D eigenvalue weighted by Gasteiger charge is -2.38. The van der Waals surface area contributed by atoms with E-state index in [1.54, 1.807) is 27.9 Å². The van der Waals surface area contributed by atoms with Gasteiger partial charge in [0.1, 0.15) is 0 Å². The molecule has 0 saturated carbocycles. The molecule has 0 spiro atoms. The molecule has 1 fully saturated rings. The number of sulfone groups is 1. The lowest BCUT2D eigenvalue weighted by molar-refractivity contribution is 0.0126. The third-order valence-electron chi connectivity index (χ3n) is 4.37. The maximum atomic E-state index is 12.3. The van der Waals surface area contributed by atoms with E-state index in [2.05, 4.69) is 5.32 Å². The molecule has 0 aromatic rings. The zero-order valence-electron chi connectivity index (χ0n) is 13.9. The van der Waals surface area contributed by atoms with Gasteiger partial charge in [0.25, 0.3) is 0 Å². The van der Waals surface area contributed by atoms with Gasteiger partial charge in [0.2, 0.25) is 0 Å². The molecule has 0 radical (unpaired) electrons. The van der Waals surface area contributed by atoms with Crippen molar-refractivity contribution in [1.82, 2.24) is 5.32 Å². The van der Waals surface area contributed by atoms with Crippen LogP contribution in [0.25, 0.3) is 0 Å². The molecule has 1 N–H and O–H groups in total. The van der Waals surface area contributed by atoms with Gasteiger partial charge in [-0.3, -0.25) is 0 Å². The molecule has 0 unspecified atom stereocenters. The minimum absolute atomic E-state index is 0.0321. The quantitative estimate of drug-likeness (QED) is 0.688. The van der Waals surface area contributed by atoms with Crippen molar-refractivity contribution in [2.75, 3.05) is 45.8 Å². The maximum Gasteiger partial charge on any atom is 0.155 e. The van der Waals surface area contributed by atoms with E-state index in [4.69, 9.17) is 9.47 Å². The lowest BCUT2D eigenvalue weighted by Crippen LogP contribution is -2.42. The molecule has 1 aliphatic rings. The predicted molar refractivity (Wildman–Crippen MR) is 85.4 cm³/mol. The SMILES string of the molecule is COCCNCC1(CCS(=O)(=O)C(C)(C)C)CCOCC1. The Morgan fingerprint density at radius 1 is 1.24 bits per heavy atom. The highest BCUT2D eigenvalue weighted by atomic mass is 32.2. The van der Waals surface area contributed by atoms with E-state index in [-0.39, 0.29) is 11.2 Å². The molecule has 0 aliphatic carbocycles. The van der Waals surface area contributed by atoms with Crippen molar-refractivity contribution < 1.29 is 17.9 Å². The molecule has 1 aliphatic heterocycles. The molecule has 0 aromatic carbocycles. The lowest BCUT2D eigenvalue weighted by atomic mass is 9.78. The fourth-order valence-electron chi connectivity index (χ4n) is 2.50. The summed E-state index contributed by atoms with van der Waals surface area (Å²) in [6.45, 7) is 9.07. The van der Waals surface area contributed by atoms with Gasteiger partial charge in [-0.2, -0.15) is 0 Å². The smallest absolute Gasteiger partial charge is 0.155 e. The number of nitrogens with one attached hydrogen (secondary N) is 1. The Bertz CT molecular complexity index is 394. The zero-order valence-corrected chi connectivity index (χ0v) is 14.7. The highest BCUT2D eigenvalue weighted by molar-refractivity contribution is 7.92. The predicted octanol–water partition coefficient (Wildman–Crippen LogP) is 1.62. The number of rotatable bonds is 8. The minimum Gasteiger partial charge on any atom is -0.383 e. The van der Waals surface area contributed by atoms with Crippen molar-refractivity contribution in [3.8, 4) is 0 Å². The number of ether oxygens (including phenoxy) is 2. The molecular weight excluding hydrogens is 290 g/mol. The van der Waals surface area contributed by atoms with Crippen LogP contribution >= 0.6 is 0 Å². The first kappa shape index (κ1) is 18.9. The minimum atomic E-state index is -3.06. The summed E-state index contributed by atoms with van der Waals surface area (Å²) >= 11 is 0. The van der Waals surface area contributed by atoms with Crippen molar-refractivity contribution >= 4 is 9.84 Å². The zero-order chi connectivity index (χ0) is 16.0. The van der Waals surface area contributed by atoms with Gasteiger partial charge in [0.15, 0.2) is 9.84 Å². The third kappa shape index (κ3) is 5.85. The summed E-state index contributed by atoms with van der Waals surface area (Å²) in [4.78, 5) is 0. The molecule has 21 heavy (non-hydrogen) atoms. The Balaban J connectivity index is 2.61. The van der Waals surface area contributed by atoms with Crippen LogP contribution in [0.4, 0.5) is 0 Å². The standard InChI is InChI=1S/C15H31NO4S/c1-14(2,3)21(17,18)12-7-15(5-9-20-10-6-15)13-16-8-11-19-4/h16H,5-13H2,1-4H3. The van der Waals surface area contributed by atoms with Crippen molar-refractivity contribution in [3.05, 3.63) is 0 Å². The molecule has 0 atom stereocenters. The van der Waals surface area contributed by atoms with Crippen molar-refractivity contribution in [2.45, 2.75) is 44.8 Å². The van der Waals surface area contributed by atoms with Crippen LogP contribution in [-0.4, -0.2) is 58.9 Å². The Labute approximate surface area is 129 Å². The summed E-state index contributed by atoms with van der Waals surface area (Å²) in [6.07, 6.45) is 2.55.